The van der Waals surface area contributed by atoms with E-state index < -0.39 is 0 Å². The topological polar surface area (TPSA) is 40.2 Å². The van der Waals surface area contributed by atoms with E-state index in [-0.39, 0.29) is 12.0 Å². The first-order valence-corrected chi connectivity index (χ1v) is 13.0. The van der Waals surface area contributed by atoms with Gasteiger partial charge < -0.3 is 14.2 Å². The molecule has 1 saturated heterocycles. The Kier molecular flexibility index (Phi) is 8.82. The molecule has 37 heavy (non-hydrogen) atoms. The fraction of sp³-hybridized carbons (Fsp3) is 0.312. The summed E-state index contributed by atoms with van der Waals surface area (Å²) >= 11 is 0. The van der Waals surface area contributed by atoms with Crippen LogP contribution in [0.15, 0.2) is 97.1 Å². The minimum atomic E-state index is 0.114. The molecular weight excluding hydrogens is 462 g/mol. The standard InChI is InChI=1S/C32H35NO4/c1-34-31-15-12-26(13-16-31)23-37-33-18-17-32(30(20-33)24-35-21-25-7-3-2-4-8-25)36-22-27-11-14-28-9-5-6-10-29(28)19-27/h2-16,19,30,32H,17-18,20-24H2,1H3/t30-,32+/m1/s1. The first-order chi connectivity index (χ1) is 18.3. The summed E-state index contributed by atoms with van der Waals surface area (Å²) in [7, 11) is 1.68. The van der Waals surface area contributed by atoms with Crippen LogP contribution in [-0.4, -0.2) is 38.0 Å². The number of hydrogen-bond acceptors (Lipinski definition) is 5. The molecule has 5 rings (SSSR count). The number of nitrogens with zero attached hydrogens (tertiary/aromatic N) is 1. The molecule has 4 aromatic rings. The zero-order chi connectivity index (χ0) is 25.3. The van der Waals surface area contributed by atoms with E-state index in [2.05, 4.69) is 59.7 Å². The molecule has 0 aliphatic carbocycles. The Balaban J connectivity index is 1.19. The van der Waals surface area contributed by atoms with Crippen molar-refractivity contribution in [3.05, 3.63) is 114 Å². The number of hydrogen-bond donors (Lipinski definition) is 0. The van der Waals surface area contributed by atoms with Crippen molar-refractivity contribution >= 4 is 10.8 Å². The lowest BCUT2D eigenvalue weighted by Gasteiger charge is -2.37. The van der Waals surface area contributed by atoms with Crippen molar-refractivity contribution in [2.24, 2.45) is 5.92 Å². The molecule has 2 atom stereocenters. The van der Waals surface area contributed by atoms with E-state index in [0.29, 0.717) is 26.4 Å². The Labute approximate surface area is 219 Å². The minimum Gasteiger partial charge on any atom is -0.497 e. The van der Waals surface area contributed by atoms with Crippen molar-refractivity contribution in [3.8, 4) is 5.75 Å². The largest absolute Gasteiger partial charge is 0.497 e. The van der Waals surface area contributed by atoms with Gasteiger partial charge in [-0.15, -0.1) is 0 Å². The van der Waals surface area contributed by atoms with Crippen LogP contribution in [-0.2, 0) is 34.1 Å². The van der Waals surface area contributed by atoms with Gasteiger partial charge in [-0.2, -0.15) is 5.06 Å². The third-order valence-corrected chi connectivity index (χ3v) is 6.92. The van der Waals surface area contributed by atoms with Gasteiger partial charge in [0, 0.05) is 19.0 Å². The highest BCUT2D eigenvalue weighted by Gasteiger charge is 2.31. The van der Waals surface area contributed by atoms with Crippen LogP contribution in [0, 0.1) is 5.92 Å². The van der Waals surface area contributed by atoms with Gasteiger partial charge in [-0.1, -0.05) is 78.9 Å². The van der Waals surface area contributed by atoms with E-state index in [1.54, 1.807) is 7.11 Å². The lowest BCUT2D eigenvalue weighted by Crippen LogP contribution is -2.45. The van der Waals surface area contributed by atoms with Gasteiger partial charge in [-0.25, -0.2) is 0 Å². The third kappa shape index (κ3) is 7.18. The zero-order valence-electron chi connectivity index (χ0n) is 21.4. The molecule has 192 valence electrons. The molecule has 0 amide bonds. The average molecular weight is 498 g/mol. The van der Waals surface area contributed by atoms with Crippen molar-refractivity contribution in [3.63, 3.8) is 0 Å². The number of fused-ring (bicyclic) bond motifs is 1. The smallest absolute Gasteiger partial charge is 0.118 e. The molecule has 0 bridgehead atoms. The Morgan fingerprint density at radius 1 is 0.730 bits per heavy atom. The molecule has 0 saturated carbocycles. The summed E-state index contributed by atoms with van der Waals surface area (Å²) in [6, 6.07) is 33.3. The molecular formula is C32H35NO4. The zero-order valence-corrected chi connectivity index (χ0v) is 21.4. The van der Waals surface area contributed by atoms with E-state index in [0.717, 1.165) is 30.8 Å². The van der Waals surface area contributed by atoms with Crippen molar-refractivity contribution in [1.29, 1.82) is 0 Å². The summed E-state index contributed by atoms with van der Waals surface area (Å²) in [5, 5.41) is 4.56. The van der Waals surface area contributed by atoms with Crippen LogP contribution in [0.2, 0.25) is 0 Å². The monoisotopic (exact) mass is 497 g/mol. The molecule has 0 aromatic heterocycles. The Morgan fingerprint density at radius 3 is 2.27 bits per heavy atom. The number of rotatable bonds is 11. The molecule has 0 spiro atoms. The van der Waals surface area contributed by atoms with Gasteiger partial charge in [0.05, 0.1) is 39.6 Å². The lowest BCUT2D eigenvalue weighted by atomic mass is 9.96. The quantitative estimate of drug-likeness (QED) is 0.240. The molecule has 4 aromatic carbocycles. The second kappa shape index (κ2) is 12.8. The highest BCUT2D eigenvalue weighted by atomic mass is 16.7. The van der Waals surface area contributed by atoms with Crippen LogP contribution in [0.1, 0.15) is 23.1 Å². The van der Waals surface area contributed by atoms with Gasteiger partial charge in [0.15, 0.2) is 0 Å². The van der Waals surface area contributed by atoms with Crippen molar-refractivity contribution < 1.29 is 19.0 Å². The second-order valence-corrected chi connectivity index (χ2v) is 9.59. The van der Waals surface area contributed by atoms with Crippen LogP contribution in [0.25, 0.3) is 10.8 Å². The maximum Gasteiger partial charge on any atom is 0.118 e. The second-order valence-electron chi connectivity index (χ2n) is 9.59. The van der Waals surface area contributed by atoms with Gasteiger partial charge in [0.2, 0.25) is 0 Å². The molecule has 0 radical (unpaired) electrons. The number of piperidine rings is 1. The number of methoxy groups -OCH3 is 1. The molecule has 0 unspecified atom stereocenters. The van der Waals surface area contributed by atoms with Crippen molar-refractivity contribution in [2.45, 2.75) is 32.3 Å². The van der Waals surface area contributed by atoms with Crippen LogP contribution < -0.4 is 4.74 Å². The molecule has 1 aliphatic heterocycles. The fourth-order valence-electron chi connectivity index (χ4n) is 4.80. The molecule has 1 fully saturated rings. The van der Waals surface area contributed by atoms with E-state index in [1.165, 1.54) is 21.9 Å². The van der Waals surface area contributed by atoms with Gasteiger partial charge in [-0.05, 0) is 52.1 Å². The van der Waals surface area contributed by atoms with Crippen LogP contribution in [0.4, 0.5) is 0 Å². The Bertz CT molecular complexity index is 1240. The van der Waals surface area contributed by atoms with Gasteiger partial charge in [0.25, 0.3) is 0 Å². The predicted molar refractivity (Wildman–Crippen MR) is 146 cm³/mol. The van der Waals surface area contributed by atoms with Crippen molar-refractivity contribution in [2.75, 3.05) is 26.8 Å². The summed E-state index contributed by atoms with van der Waals surface area (Å²) in [5.74, 6) is 1.07. The van der Waals surface area contributed by atoms with Crippen LogP contribution >= 0.6 is 0 Å². The van der Waals surface area contributed by atoms with Crippen LogP contribution in [0.3, 0.4) is 0 Å². The Hall–Kier alpha value is -3.22. The van der Waals surface area contributed by atoms with E-state index in [1.807, 2.05) is 42.5 Å². The van der Waals surface area contributed by atoms with E-state index in [9.17, 15) is 0 Å². The third-order valence-electron chi connectivity index (χ3n) is 6.92. The SMILES string of the molecule is COc1ccc(CON2CC[C@H](OCc3ccc4ccccc4c3)[C@@H](COCc3ccccc3)C2)cc1. The molecule has 0 N–H and O–H groups in total. The molecule has 5 heteroatoms. The molecule has 5 nitrogen and oxygen atoms in total. The maximum atomic E-state index is 6.49. The number of benzene rings is 4. The first kappa shape index (κ1) is 25.4. The summed E-state index contributed by atoms with van der Waals surface area (Å²) in [5.41, 5.74) is 3.49. The maximum absolute atomic E-state index is 6.49. The highest BCUT2D eigenvalue weighted by molar-refractivity contribution is 5.82. The van der Waals surface area contributed by atoms with Gasteiger partial charge in [0.1, 0.15) is 5.75 Å². The normalized spacial score (nSPS) is 18.2. The van der Waals surface area contributed by atoms with E-state index in [4.69, 9.17) is 19.0 Å². The number of hydroxylamine groups is 2. The fourth-order valence-corrected chi connectivity index (χ4v) is 4.80. The average Bonchev–Trinajstić information content (AvgIpc) is 2.96. The van der Waals surface area contributed by atoms with Gasteiger partial charge in [-0.3, -0.25) is 4.84 Å². The molecule has 1 aliphatic rings. The number of ether oxygens (including phenoxy) is 3. The summed E-state index contributed by atoms with van der Waals surface area (Å²) in [6.45, 7) is 3.95. The summed E-state index contributed by atoms with van der Waals surface area (Å²) in [6.07, 6.45) is 1.01. The van der Waals surface area contributed by atoms with Crippen LogP contribution in [0.5, 0.6) is 5.75 Å². The predicted octanol–water partition coefficient (Wildman–Crippen LogP) is 6.40. The van der Waals surface area contributed by atoms with Gasteiger partial charge >= 0.3 is 0 Å². The lowest BCUT2D eigenvalue weighted by molar-refractivity contribution is -0.213. The summed E-state index contributed by atoms with van der Waals surface area (Å²) < 4.78 is 17.9. The van der Waals surface area contributed by atoms with Crippen molar-refractivity contribution in [1.82, 2.24) is 5.06 Å². The first-order valence-electron chi connectivity index (χ1n) is 13.0. The summed E-state index contributed by atoms with van der Waals surface area (Å²) in [4.78, 5) is 6.18. The highest BCUT2D eigenvalue weighted by Crippen LogP contribution is 2.25. The Morgan fingerprint density at radius 2 is 1.46 bits per heavy atom. The van der Waals surface area contributed by atoms with E-state index >= 15 is 0 Å². The molecule has 1 heterocycles. The minimum absolute atomic E-state index is 0.114.